The number of aryl methyl sites for hydroxylation is 2. The summed E-state index contributed by atoms with van der Waals surface area (Å²) >= 11 is 6.49. The third-order valence-electron chi connectivity index (χ3n) is 6.44. The van der Waals surface area contributed by atoms with Crippen LogP contribution in [0.1, 0.15) is 34.5 Å². The second-order valence-corrected chi connectivity index (χ2v) is 8.88. The molecule has 0 radical (unpaired) electrons. The summed E-state index contributed by atoms with van der Waals surface area (Å²) in [5.41, 5.74) is 5.29. The minimum Gasteiger partial charge on any atom is -0.347 e. The number of aromatic nitrogens is 2. The molecule has 32 heavy (non-hydrogen) atoms. The van der Waals surface area contributed by atoms with E-state index in [-0.39, 0.29) is 5.91 Å². The van der Waals surface area contributed by atoms with E-state index in [0.29, 0.717) is 55.5 Å². The Morgan fingerprint density at radius 3 is 2.41 bits per heavy atom. The molecule has 0 saturated carbocycles. The maximum Gasteiger partial charge on any atom is 0.272 e. The van der Waals surface area contributed by atoms with Gasteiger partial charge >= 0.3 is 0 Å². The van der Waals surface area contributed by atoms with Crippen molar-refractivity contribution in [2.45, 2.75) is 32.5 Å². The maximum absolute atomic E-state index is 13.6. The van der Waals surface area contributed by atoms with E-state index in [1.165, 1.54) is 11.1 Å². The van der Waals surface area contributed by atoms with E-state index >= 15 is 0 Å². The monoisotopic (exact) mass is 451 g/mol. The Labute approximate surface area is 192 Å². The van der Waals surface area contributed by atoms with Crippen LogP contribution in [0, 0.1) is 13.8 Å². The molecule has 0 atom stereocenters. The fourth-order valence-electron chi connectivity index (χ4n) is 4.38. The van der Waals surface area contributed by atoms with Crippen LogP contribution in [0.15, 0.2) is 48.5 Å². The number of likely N-dealkylation sites (tertiary alicyclic amines) is 1. The SMILES string of the molecule is Cc1ccc(-c2cc(C(=O)N3CCC4(CC3)OCCO4)n(-c3ccccc3Cl)n2)cc1C. The van der Waals surface area contributed by atoms with Gasteiger partial charge in [-0.3, -0.25) is 4.79 Å². The van der Waals surface area contributed by atoms with Gasteiger partial charge in [0.15, 0.2) is 5.79 Å². The molecule has 6 nitrogen and oxygen atoms in total. The molecule has 0 bridgehead atoms. The molecule has 1 aromatic heterocycles. The normalized spacial score (nSPS) is 17.8. The summed E-state index contributed by atoms with van der Waals surface area (Å²) in [6, 6.07) is 15.5. The average molecular weight is 452 g/mol. The van der Waals surface area contributed by atoms with Gasteiger partial charge in [-0.1, -0.05) is 35.9 Å². The number of nitrogens with zero attached hydrogens (tertiary/aromatic N) is 3. The highest BCUT2D eigenvalue weighted by Gasteiger charge is 2.41. The summed E-state index contributed by atoms with van der Waals surface area (Å²) in [5.74, 6) is -0.593. The molecule has 7 heteroatoms. The molecule has 1 amide bonds. The first-order valence-corrected chi connectivity index (χ1v) is 11.3. The van der Waals surface area contributed by atoms with Crippen LogP contribution in [0.5, 0.6) is 0 Å². The first-order valence-electron chi connectivity index (χ1n) is 11.0. The number of hydrogen-bond acceptors (Lipinski definition) is 4. The van der Waals surface area contributed by atoms with E-state index in [1.54, 1.807) is 4.68 Å². The number of carbonyl (C=O) groups excluding carboxylic acids is 1. The Morgan fingerprint density at radius 2 is 1.72 bits per heavy atom. The third kappa shape index (κ3) is 3.83. The molecular formula is C25H26ClN3O3. The summed E-state index contributed by atoms with van der Waals surface area (Å²) in [6.07, 6.45) is 1.34. The second-order valence-electron chi connectivity index (χ2n) is 8.48. The van der Waals surface area contributed by atoms with Crippen LogP contribution in [0.3, 0.4) is 0 Å². The van der Waals surface area contributed by atoms with Gasteiger partial charge in [-0.05, 0) is 49.2 Å². The summed E-state index contributed by atoms with van der Waals surface area (Å²) in [7, 11) is 0. The molecule has 2 saturated heterocycles. The van der Waals surface area contributed by atoms with Crippen molar-refractivity contribution in [2.24, 2.45) is 0 Å². The zero-order valence-corrected chi connectivity index (χ0v) is 19.1. The Morgan fingerprint density at radius 1 is 1.00 bits per heavy atom. The van der Waals surface area contributed by atoms with Gasteiger partial charge in [-0.15, -0.1) is 0 Å². The highest BCUT2D eigenvalue weighted by molar-refractivity contribution is 6.32. The number of piperidine rings is 1. The highest BCUT2D eigenvalue weighted by Crippen LogP contribution is 2.33. The number of amides is 1. The third-order valence-corrected chi connectivity index (χ3v) is 6.76. The van der Waals surface area contributed by atoms with Crippen LogP contribution in [-0.2, 0) is 9.47 Å². The molecule has 0 unspecified atom stereocenters. The van der Waals surface area contributed by atoms with Crippen LogP contribution in [0.25, 0.3) is 16.9 Å². The summed E-state index contributed by atoms with van der Waals surface area (Å²) < 4.78 is 13.3. The average Bonchev–Trinajstić information content (AvgIpc) is 3.44. The lowest BCUT2D eigenvalue weighted by atomic mass is 10.0. The standard InChI is InChI=1S/C25H26ClN3O3/c1-17-7-8-19(15-18(17)2)21-16-23(29(27-21)22-6-4-3-5-20(22)26)24(30)28-11-9-25(10-12-28)31-13-14-32-25/h3-8,15-16H,9-14H2,1-2H3. The molecule has 3 aromatic rings. The molecule has 166 valence electrons. The van der Waals surface area contributed by atoms with E-state index < -0.39 is 5.79 Å². The lowest BCUT2D eigenvalue weighted by Gasteiger charge is -2.37. The van der Waals surface area contributed by atoms with Gasteiger partial charge in [0.1, 0.15) is 5.69 Å². The van der Waals surface area contributed by atoms with Gasteiger partial charge in [0.2, 0.25) is 0 Å². The Bertz CT molecular complexity index is 1160. The number of halogens is 1. The minimum absolute atomic E-state index is 0.0691. The number of rotatable bonds is 3. The van der Waals surface area contributed by atoms with Crippen molar-refractivity contribution >= 4 is 17.5 Å². The first kappa shape index (κ1) is 21.2. The van der Waals surface area contributed by atoms with Crippen molar-refractivity contribution in [2.75, 3.05) is 26.3 Å². The first-order chi connectivity index (χ1) is 15.5. The molecule has 0 N–H and O–H groups in total. The van der Waals surface area contributed by atoms with Crippen molar-refractivity contribution < 1.29 is 14.3 Å². The lowest BCUT2D eigenvalue weighted by Crippen LogP contribution is -2.47. The Balaban J connectivity index is 1.51. The fraction of sp³-hybridized carbons (Fsp3) is 0.360. The van der Waals surface area contributed by atoms with Crippen molar-refractivity contribution in [3.8, 4) is 16.9 Å². The number of para-hydroxylation sites is 1. The fourth-order valence-corrected chi connectivity index (χ4v) is 4.60. The van der Waals surface area contributed by atoms with Gasteiger partial charge in [0.05, 0.1) is 29.6 Å². The van der Waals surface area contributed by atoms with Crippen LogP contribution in [0.4, 0.5) is 0 Å². The highest BCUT2D eigenvalue weighted by atomic mass is 35.5. The molecule has 2 aliphatic heterocycles. The number of ether oxygens (including phenoxy) is 2. The molecule has 3 heterocycles. The lowest BCUT2D eigenvalue weighted by molar-refractivity contribution is -0.181. The Kier molecular flexibility index (Phi) is 5.53. The van der Waals surface area contributed by atoms with E-state index in [4.69, 9.17) is 26.2 Å². The van der Waals surface area contributed by atoms with Gasteiger partial charge in [-0.2, -0.15) is 5.10 Å². The van der Waals surface area contributed by atoms with Crippen LogP contribution < -0.4 is 0 Å². The quantitative estimate of drug-likeness (QED) is 0.574. The molecule has 5 rings (SSSR count). The van der Waals surface area contributed by atoms with Gasteiger partial charge < -0.3 is 14.4 Å². The zero-order chi connectivity index (χ0) is 22.3. The van der Waals surface area contributed by atoms with Gasteiger partial charge in [0.25, 0.3) is 5.91 Å². The van der Waals surface area contributed by atoms with E-state index in [0.717, 1.165) is 11.3 Å². The van der Waals surface area contributed by atoms with E-state index in [2.05, 4.69) is 26.0 Å². The van der Waals surface area contributed by atoms with Crippen molar-refractivity contribution in [3.63, 3.8) is 0 Å². The minimum atomic E-state index is -0.523. The predicted octanol–water partition coefficient (Wildman–Crippen LogP) is 4.79. The molecule has 1 spiro atoms. The largest absolute Gasteiger partial charge is 0.347 e. The number of hydrogen-bond donors (Lipinski definition) is 0. The van der Waals surface area contributed by atoms with E-state index in [9.17, 15) is 4.79 Å². The topological polar surface area (TPSA) is 56.6 Å². The van der Waals surface area contributed by atoms with Crippen LogP contribution in [-0.4, -0.2) is 52.7 Å². The molecule has 2 aromatic carbocycles. The molecule has 0 aliphatic carbocycles. The van der Waals surface area contributed by atoms with Crippen molar-refractivity contribution in [1.82, 2.24) is 14.7 Å². The smallest absolute Gasteiger partial charge is 0.272 e. The zero-order valence-electron chi connectivity index (χ0n) is 18.3. The molecular weight excluding hydrogens is 426 g/mol. The summed E-state index contributed by atoms with van der Waals surface area (Å²) in [5, 5.41) is 5.35. The summed E-state index contributed by atoms with van der Waals surface area (Å²) in [6.45, 7) is 6.54. The number of benzene rings is 2. The number of carbonyl (C=O) groups is 1. The van der Waals surface area contributed by atoms with Gasteiger partial charge in [0, 0.05) is 31.5 Å². The van der Waals surface area contributed by atoms with Crippen LogP contribution in [0.2, 0.25) is 5.02 Å². The van der Waals surface area contributed by atoms with Crippen molar-refractivity contribution in [3.05, 3.63) is 70.4 Å². The van der Waals surface area contributed by atoms with Crippen molar-refractivity contribution in [1.29, 1.82) is 0 Å². The summed E-state index contributed by atoms with van der Waals surface area (Å²) in [4.78, 5) is 15.5. The Hall–Kier alpha value is -2.67. The second kappa shape index (κ2) is 8.35. The van der Waals surface area contributed by atoms with Gasteiger partial charge in [-0.25, -0.2) is 4.68 Å². The molecule has 2 aliphatic rings. The molecule has 2 fully saturated rings. The predicted molar refractivity (Wildman–Crippen MR) is 123 cm³/mol. The maximum atomic E-state index is 13.6. The van der Waals surface area contributed by atoms with Crippen LogP contribution >= 0.6 is 11.6 Å². The van der Waals surface area contributed by atoms with E-state index in [1.807, 2.05) is 41.3 Å².